The molecule has 3 rings (SSSR count). The Morgan fingerprint density at radius 1 is 0.719 bits per heavy atom. The summed E-state index contributed by atoms with van der Waals surface area (Å²) in [5, 5.41) is 21.1. The number of nitriles is 2. The highest BCUT2D eigenvalue weighted by molar-refractivity contribution is 8.14. The Morgan fingerprint density at radius 2 is 1.22 bits per heavy atom. The van der Waals surface area contributed by atoms with Crippen molar-refractivity contribution in [1.82, 2.24) is 0 Å². The summed E-state index contributed by atoms with van der Waals surface area (Å²) in [6.07, 6.45) is 3.01. The van der Waals surface area contributed by atoms with Crippen LogP contribution in [0, 0.1) is 22.7 Å². The Labute approximate surface area is 190 Å². The smallest absolute Gasteiger partial charge is 0.266 e. The lowest BCUT2D eigenvalue weighted by Gasteiger charge is -2.09. The van der Waals surface area contributed by atoms with Gasteiger partial charge in [0.05, 0.1) is 5.69 Å². The highest BCUT2D eigenvalue weighted by atomic mass is 32.2. The molecule has 0 aliphatic heterocycles. The number of anilines is 1. The van der Waals surface area contributed by atoms with Crippen LogP contribution in [-0.4, -0.2) is 11.0 Å². The Kier molecular flexibility index (Phi) is 7.75. The highest BCUT2D eigenvalue weighted by Crippen LogP contribution is 2.30. The normalized spacial score (nSPS) is 11.2. The molecule has 0 unspecified atom stereocenters. The molecular formula is C26H17N3O2S. The Bertz CT molecular complexity index is 1170. The molecule has 0 saturated heterocycles. The predicted octanol–water partition coefficient (Wildman–Crippen LogP) is 5.46. The fraction of sp³-hybridized carbons (Fsp3) is 0. The van der Waals surface area contributed by atoms with Gasteiger partial charge in [-0.25, -0.2) is 0 Å². The van der Waals surface area contributed by atoms with Gasteiger partial charge in [0.2, 0.25) is 5.12 Å². The maximum absolute atomic E-state index is 12.7. The molecule has 0 bridgehead atoms. The molecule has 32 heavy (non-hydrogen) atoms. The van der Waals surface area contributed by atoms with Crippen molar-refractivity contribution in [1.29, 1.82) is 10.5 Å². The van der Waals surface area contributed by atoms with Crippen molar-refractivity contribution in [3.8, 4) is 12.1 Å². The zero-order valence-corrected chi connectivity index (χ0v) is 17.7. The van der Waals surface area contributed by atoms with Gasteiger partial charge < -0.3 is 5.32 Å². The van der Waals surface area contributed by atoms with Gasteiger partial charge in [0, 0.05) is 4.90 Å². The quantitative estimate of drug-likeness (QED) is 0.315. The number of thioether (sulfide) groups is 1. The Balaban J connectivity index is 1.80. The van der Waals surface area contributed by atoms with Crippen molar-refractivity contribution in [2.75, 3.05) is 5.32 Å². The van der Waals surface area contributed by atoms with Gasteiger partial charge in [-0.15, -0.1) is 0 Å². The SMILES string of the molecule is N#C/C(=C\c1ccccc1)C(=O)Nc1ccccc1SC(=O)/C(C#N)=C/c1ccccc1. The van der Waals surface area contributed by atoms with E-state index in [4.69, 9.17) is 0 Å². The van der Waals surface area contributed by atoms with E-state index in [0.29, 0.717) is 10.6 Å². The van der Waals surface area contributed by atoms with Crippen molar-refractivity contribution in [3.63, 3.8) is 0 Å². The van der Waals surface area contributed by atoms with Crippen molar-refractivity contribution >= 4 is 40.6 Å². The molecule has 1 amide bonds. The molecule has 0 saturated carbocycles. The minimum atomic E-state index is -0.586. The van der Waals surface area contributed by atoms with E-state index in [2.05, 4.69) is 5.32 Å². The van der Waals surface area contributed by atoms with Gasteiger partial charge >= 0.3 is 0 Å². The molecule has 5 nitrogen and oxygen atoms in total. The van der Waals surface area contributed by atoms with E-state index in [0.717, 1.165) is 22.9 Å². The second-order valence-electron chi connectivity index (χ2n) is 6.50. The number of amides is 1. The van der Waals surface area contributed by atoms with Crippen LogP contribution in [0.4, 0.5) is 5.69 Å². The third-order valence-electron chi connectivity index (χ3n) is 4.26. The molecule has 0 heterocycles. The van der Waals surface area contributed by atoms with Gasteiger partial charge in [0.1, 0.15) is 23.3 Å². The lowest BCUT2D eigenvalue weighted by Crippen LogP contribution is -2.14. The number of nitrogens with one attached hydrogen (secondary N) is 1. The van der Waals surface area contributed by atoms with E-state index >= 15 is 0 Å². The first-order valence-corrected chi connectivity index (χ1v) is 10.4. The van der Waals surface area contributed by atoms with Crippen molar-refractivity contribution in [3.05, 3.63) is 107 Å². The lowest BCUT2D eigenvalue weighted by molar-refractivity contribution is -0.112. The van der Waals surface area contributed by atoms with E-state index in [1.807, 2.05) is 48.5 Å². The van der Waals surface area contributed by atoms with Gasteiger partial charge in [-0.2, -0.15) is 10.5 Å². The number of hydrogen-bond acceptors (Lipinski definition) is 5. The molecule has 3 aromatic rings. The monoisotopic (exact) mass is 435 g/mol. The van der Waals surface area contributed by atoms with Crippen LogP contribution in [0.25, 0.3) is 12.2 Å². The average Bonchev–Trinajstić information content (AvgIpc) is 2.83. The van der Waals surface area contributed by atoms with Crippen LogP contribution >= 0.6 is 11.8 Å². The minimum absolute atomic E-state index is 0.0102. The summed E-state index contributed by atoms with van der Waals surface area (Å²) in [6, 6.07) is 28.7. The van der Waals surface area contributed by atoms with Gasteiger partial charge in [-0.3, -0.25) is 9.59 Å². The minimum Gasteiger partial charge on any atom is -0.320 e. The van der Waals surface area contributed by atoms with E-state index in [9.17, 15) is 20.1 Å². The van der Waals surface area contributed by atoms with Crippen LogP contribution < -0.4 is 5.32 Å². The van der Waals surface area contributed by atoms with Gasteiger partial charge in [-0.05, 0) is 47.2 Å². The lowest BCUT2D eigenvalue weighted by atomic mass is 10.1. The second-order valence-corrected chi connectivity index (χ2v) is 7.52. The number of hydrogen-bond donors (Lipinski definition) is 1. The van der Waals surface area contributed by atoms with E-state index in [-0.39, 0.29) is 11.1 Å². The number of rotatable bonds is 6. The average molecular weight is 436 g/mol. The fourth-order valence-corrected chi connectivity index (χ4v) is 3.51. The number of para-hydroxylation sites is 1. The molecule has 154 valence electrons. The molecular weight excluding hydrogens is 418 g/mol. The number of nitrogens with zero attached hydrogens (tertiary/aromatic N) is 2. The maximum Gasteiger partial charge on any atom is 0.266 e. The van der Waals surface area contributed by atoms with Crippen LogP contribution in [-0.2, 0) is 9.59 Å². The molecule has 0 aliphatic rings. The van der Waals surface area contributed by atoms with Crippen molar-refractivity contribution < 1.29 is 9.59 Å². The summed E-state index contributed by atoms with van der Waals surface area (Å²) < 4.78 is 0. The standard InChI is InChI=1S/C26H17N3O2S/c27-17-21(15-19-9-3-1-4-10-19)25(30)29-23-13-7-8-14-24(23)32-26(31)22(18-28)16-20-11-5-2-6-12-20/h1-16H,(H,29,30)/b21-15+,22-16+. The van der Waals surface area contributed by atoms with Crippen LogP contribution in [0.1, 0.15) is 11.1 Å². The summed E-state index contributed by atoms with van der Waals surface area (Å²) in [5.41, 5.74) is 1.76. The van der Waals surface area contributed by atoms with Gasteiger partial charge in [0.15, 0.2) is 0 Å². The molecule has 0 atom stereocenters. The summed E-state index contributed by atoms with van der Waals surface area (Å²) in [5.74, 6) is -0.586. The topological polar surface area (TPSA) is 93.8 Å². The fourth-order valence-electron chi connectivity index (χ4n) is 2.72. The summed E-state index contributed by atoms with van der Waals surface area (Å²) in [7, 11) is 0. The summed E-state index contributed by atoms with van der Waals surface area (Å²) in [4.78, 5) is 25.8. The van der Waals surface area contributed by atoms with Crippen LogP contribution in [0.5, 0.6) is 0 Å². The Morgan fingerprint density at radius 3 is 1.78 bits per heavy atom. The van der Waals surface area contributed by atoms with Crippen molar-refractivity contribution in [2.24, 2.45) is 0 Å². The summed E-state index contributed by atoms with van der Waals surface area (Å²) >= 11 is 0.841. The van der Waals surface area contributed by atoms with Crippen molar-refractivity contribution in [2.45, 2.75) is 4.90 Å². The third kappa shape index (κ3) is 6.06. The highest BCUT2D eigenvalue weighted by Gasteiger charge is 2.16. The largest absolute Gasteiger partial charge is 0.320 e. The zero-order chi connectivity index (χ0) is 22.8. The molecule has 0 fully saturated rings. The van der Waals surface area contributed by atoms with Gasteiger partial charge in [-0.1, -0.05) is 72.8 Å². The first-order valence-electron chi connectivity index (χ1n) is 9.57. The molecule has 0 aliphatic carbocycles. The first kappa shape index (κ1) is 22.3. The van der Waals surface area contributed by atoms with Gasteiger partial charge in [0.25, 0.3) is 5.91 Å². The molecule has 0 spiro atoms. The van der Waals surface area contributed by atoms with Crippen LogP contribution in [0.3, 0.4) is 0 Å². The van der Waals surface area contributed by atoms with E-state index in [1.54, 1.807) is 48.5 Å². The molecule has 6 heteroatoms. The Hall–Kier alpha value is -4.39. The predicted molar refractivity (Wildman–Crippen MR) is 126 cm³/mol. The third-order valence-corrected chi connectivity index (χ3v) is 5.25. The maximum atomic E-state index is 12.7. The number of benzene rings is 3. The zero-order valence-electron chi connectivity index (χ0n) is 16.9. The number of carbonyl (C=O) groups is 2. The molecule has 0 radical (unpaired) electrons. The molecule has 0 aromatic heterocycles. The molecule has 3 aromatic carbocycles. The van der Waals surface area contributed by atoms with E-state index < -0.39 is 11.0 Å². The van der Waals surface area contributed by atoms with E-state index in [1.165, 1.54) is 12.2 Å². The molecule has 1 N–H and O–H groups in total. The number of carbonyl (C=O) groups excluding carboxylic acids is 2. The summed E-state index contributed by atoms with van der Waals surface area (Å²) in [6.45, 7) is 0. The van der Waals surface area contributed by atoms with Crippen LogP contribution in [0.15, 0.2) is 101 Å². The second kappa shape index (κ2) is 11.1. The first-order chi connectivity index (χ1) is 15.6. The van der Waals surface area contributed by atoms with Crippen LogP contribution in [0.2, 0.25) is 0 Å².